The van der Waals surface area contributed by atoms with Gasteiger partial charge in [-0.25, -0.2) is 4.98 Å². The fourth-order valence-corrected chi connectivity index (χ4v) is 2.53. The maximum absolute atomic E-state index is 4.59. The Balaban J connectivity index is 2.34. The molecule has 0 atom stereocenters. The van der Waals surface area contributed by atoms with E-state index in [-0.39, 0.29) is 5.54 Å². The molecule has 1 heterocycles. The fraction of sp³-hybridized carbons (Fsp3) is 0.444. The van der Waals surface area contributed by atoms with E-state index in [1.54, 1.807) is 0 Å². The Hall–Kier alpha value is -2.10. The van der Waals surface area contributed by atoms with Crippen molar-refractivity contribution in [3.63, 3.8) is 0 Å². The summed E-state index contributed by atoms with van der Waals surface area (Å²) >= 11 is 0. The topological polar surface area (TPSA) is 49.8 Å². The zero-order valence-corrected chi connectivity index (χ0v) is 14.6. The van der Waals surface area contributed by atoms with Crippen LogP contribution in [0.5, 0.6) is 0 Å². The molecule has 0 amide bonds. The van der Waals surface area contributed by atoms with E-state index < -0.39 is 0 Å². The van der Waals surface area contributed by atoms with Crippen LogP contribution < -0.4 is 10.6 Å². The maximum Gasteiger partial charge on any atom is 0.225 e. The van der Waals surface area contributed by atoms with Crippen molar-refractivity contribution in [2.24, 2.45) is 0 Å². The number of hydrogen-bond acceptors (Lipinski definition) is 4. The summed E-state index contributed by atoms with van der Waals surface area (Å²) in [5.74, 6) is 1.46. The number of anilines is 3. The van der Waals surface area contributed by atoms with Gasteiger partial charge >= 0.3 is 0 Å². The third kappa shape index (κ3) is 4.20. The summed E-state index contributed by atoms with van der Waals surface area (Å²) in [6, 6.07) is 6.32. The minimum Gasteiger partial charge on any atom is -0.350 e. The highest BCUT2D eigenvalue weighted by atomic mass is 15.2. The third-order valence-corrected chi connectivity index (χ3v) is 3.27. The second-order valence-electron chi connectivity index (χ2n) is 6.99. The van der Waals surface area contributed by atoms with Crippen LogP contribution in [0, 0.1) is 27.7 Å². The Morgan fingerprint density at radius 3 is 2.00 bits per heavy atom. The van der Waals surface area contributed by atoms with Crippen molar-refractivity contribution >= 4 is 17.5 Å². The monoisotopic (exact) mass is 298 g/mol. The Kier molecular flexibility index (Phi) is 4.40. The van der Waals surface area contributed by atoms with Crippen LogP contribution in [0.4, 0.5) is 17.5 Å². The molecule has 0 spiro atoms. The van der Waals surface area contributed by atoms with Crippen LogP contribution in [0.2, 0.25) is 0 Å². The van der Waals surface area contributed by atoms with Crippen molar-refractivity contribution < 1.29 is 0 Å². The summed E-state index contributed by atoms with van der Waals surface area (Å²) in [7, 11) is 0. The van der Waals surface area contributed by atoms with Crippen LogP contribution in [-0.2, 0) is 0 Å². The molecule has 1 aromatic heterocycles. The van der Waals surface area contributed by atoms with Gasteiger partial charge in [0.05, 0.1) is 0 Å². The third-order valence-electron chi connectivity index (χ3n) is 3.27. The average molecular weight is 298 g/mol. The number of aromatic nitrogens is 2. The van der Waals surface area contributed by atoms with E-state index in [2.05, 4.69) is 74.3 Å². The maximum atomic E-state index is 4.59. The van der Waals surface area contributed by atoms with Gasteiger partial charge in [0.2, 0.25) is 5.95 Å². The Morgan fingerprint density at radius 1 is 0.864 bits per heavy atom. The van der Waals surface area contributed by atoms with Gasteiger partial charge < -0.3 is 10.6 Å². The number of aryl methyl sites for hydroxylation is 4. The summed E-state index contributed by atoms with van der Waals surface area (Å²) in [5.41, 5.74) is 5.70. The first kappa shape index (κ1) is 16.3. The molecule has 2 rings (SSSR count). The summed E-state index contributed by atoms with van der Waals surface area (Å²) in [6.45, 7) is 14.6. The molecule has 1 aromatic carbocycles. The minimum absolute atomic E-state index is 0.0687. The second kappa shape index (κ2) is 5.95. The number of nitrogens with one attached hydrogen (secondary N) is 2. The van der Waals surface area contributed by atoms with E-state index in [0.717, 1.165) is 17.2 Å². The minimum atomic E-state index is -0.0687. The molecule has 4 nitrogen and oxygen atoms in total. The zero-order chi connectivity index (χ0) is 16.5. The van der Waals surface area contributed by atoms with E-state index in [1.165, 1.54) is 16.7 Å². The highest BCUT2D eigenvalue weighted by Crippen LogP contribution is 2.26. The quantitative estimate of drug-likeness (QED) is 0.865. The Morgan fingerprint density at radius 2 is 1.45 bits per heavy atom. The van der Waals surface area contributed by atoms with Gasteiger partial charge in [0, 0.05) is 23.0 Å². The second-order valence-corrected chi connectivity index (χ2v) is 6.99. The molecule has 22 heavy (non-hydrogen) atoms. The van der Waals surface area contributed by atoms with Crippen LogP contribution >= 0.6 is 0 Å². The lowest BCUT2D eigenvalue weighted by molar-refractivity contribution is 0.625. The lowest BCUT2D eigenvalue weighted by Gasteiger charge is -2.21. The molecule has 2 N–H and O–H groups in total. The first-order chi connectivity index (χ1) is 10.1. The lowest BCUT2D eigenvalue weighted by atomic mass is 10.1. The zero-order valence-electron chi connectivity index (χ0n) is 14.6. The van der Waals surface area contributed by atoms with Gasteiger partial charge in [-0.3, -0.25) is 0 Å². The van der Waals surface area contributed by atoms with Crippen LogP contribution in [0.15, 0.2) is 18.2 Å². The van der Waals surface area contributed by atoms with E-state index in [9.17, 15) is 0 Å². The average Bonchev–Trinajstić information content (AvgIpc) is 2.30. The molecule has 4 heteroatoms. The normalized spacial score (nSPS) is 11.4. The van der Waals surface area contributed by atoms with Gasteiger partial charge in [-0.1, -0.05) is 17.7 Å². The van der Waals surface area contributed by atoms with Gasteiger partial charge in [0.15, 0.2) is 0 Å². The van der Waals surface area contributed by atoms with E-state index >= 15 is 0 Å². The number of benzene rings is 1. The van der Waals surface area contributed by atoms with Crippen molar-refractivity contribution in [2.75, 3.05) is 10.6 Å². The molecule has 0 saturated heterocycles. The lowest BCUT2D eigenvalue weighted by Crippen LogP contribution is -2.27. The van der Waals surface area contributed by atoms with Gasteiger partial charge in [-0.15, -0.1) is 0 Å². The molecule has 2 aromatic rings. The van der Waals surface area contributed by atoms with Crippen molar-refractivity contribution in [3.8, 4) is 0 Å². The standard InChI is InChI=1S/C18H26N4/c1-11-8-12(2)16(13(3)9-11)20-15-10-14(4)19-17(21-15)22-18(5,6)7/h8-10H,1-7H3,(H2,19,20,21,22). The van der Waals surface area contributed by atoms with Crippen LogP contribution in [0.25, 0.3) is 0 Å². The van der Waals surface area contributed by atoms with Crippen molar-refractivity contribution in [1.82, 2.24) is 9.97 Å². The molecular weight excluding hydrogens is 272 g/mol. The molecule has 0 unspecified atom stereocenters. The van der Waals surface area contributed by atoms with Crippen LogP contribution in [-0.4, -0.2) is 15.5 Å². The summed E-state index contributed by atoms with van der Waals surface area (Å²) in [6.07, 6.45) is 0. The molecule has 0 saturated carbocycles. The molecular formula is C18H26N4. The smallest absolute Gasteiger partial charge is 0.225 e. The number of nitrogens with zero attached hydrogens (tertiary/aromatic N) is 2. The highest BCUT2D eigenvalue weighted by molar-refractivity contribution is 5.66. The Labute approximate surface area is 133 Å². The summed E-state index contributed by atoms with van der Waals surface area (Å²) in [4.78, 5) is 9.04. The van der Waals surface area contributed by atoms with Crippen LogP contribution in [0.3, 0.4) is 0 Å². The number of hydrogen-bond donors (Lipinski definition) is 2. The van der Waals surface area contributed by atoms with Gasteiger partial charge in [0.25, 0.3) is 0 Å². The largest absolute Gasteiger partial charge is 0.350 e. The molecule has 0 aliphatic heterocycles. The molecule has 0 bridgehead atoms. The molecule has 0 aliphatic carbocycles. The van der Waals surface area contributed by atoms with Gasteiger partial charge in [0.1, 0.15) is 5.82 Å². The highest BCUT2D eigenvalue weighted by Gasteiger charge is 2.13. The van der Waals surface area contributed by atoms with Crippen molar-refractivity contribution in [3.05, 3.63) is 40.6 Å². The molecule has 0 fully saturated rings. The van der Waals surface area contributed by atoms with E-state index in [0.29, 0.717) is 5.95 Å². The first-order valence-corrected chi connectivity index (χ1v) is 7.63. The SMILES string of the molecule is Cc1cc(C)c(Nc2cc(C)nc(NC(C)(C)C)n2)c(C)c1. The summed E-state index contributed by atoms with van der Waals surface area (Å²) < 4.78 is 0. The van der Waals surface area contributed by atoms with Crippen LogP contribution in [0.1, 0.15) is 43.2 Å². The predicted octanol–water partition coefficient (Wildman–Crippen LogP) is 4.66. The van der Waals surface area contributed by atoms with Gasteiger partial charge in [-0.2, -0.15) is 4.98 Å². The van der Waals surface area contributed by atoms with E-state index in [4.69, 9.17) is 0 Å². The van der Waals surface area contributed by atoms with E-state index in [1.807, 2.05) is 13.0 Å². The van der Waals surface area contributed by atoms with Gasteiger partial charge in [-0.05, 0) is 59.6 Å². The molecule has 118 valence electrons. The summed E-state index contributed by atoms with van der Waals surface area (Å²) in [5, 5.41) is 6.77. The molecule has 0 aliphatic rings. The van der Waals surface area contributed by atoms with Crippen molar-refractivity contribution in [1.29, 1.82) is 0 Å². The predicted molar refractivity (Wildman–Crippen MR) is 94.1 cm³/mol. The number of rotatable bonds is 3. The molecule has 0 radical (unpaired) electrons. The first-order valence-electron chi connectivity index (χ1n) is 7.63. The Bertz CT molecular complexity index is 661. The van der Waals surface area contributed by atoms with Crippen molar-refractivity contribution in [2.45, 2.75) is 54.0 Å². The fourth-order valence-electron chi connectivity index (χ4n) is 2.53.